The second-order valence-corrected chi connectivity index (χ2v) is 3.77. The van der Waals surface area contributed by atoms with Crippen molar-refractivity contribution in [2.45, 2.75) is 6.18 Å². The second kappa shape index (κ2) is 6.61. The highest BCUT2D eigenvalue weighted by Crippen LogP contribution is 2.30. The van der Waals surface area contributed by atoms with Crippen molar-refractivity contribution in [3.8, 4) is 0 Å². The molecule has 0 radical (unpaired) electrons. The first-order valence-corrected chi connectivity index (χ1v) is 5.40. The van der Waals surface area contributed by atoms with Crippen molar-refractivity contribution in [1.82, 2.24) is 0 Å². The number of methoxy groups -OCH3 is 1. The molecular formula is C12H16F3NO2. The lowest BCUT2D eigenvalue weighted by Gasteiger charge is -2.19. The Labute approximate surface area is 104 Å². The van der Waals surface area contributed by atoms with E-state index in [9.17, 15) is 13.2 Å². The Morgan fingerprint density at radius 1 is 1.11 bits per heavy atom. The fraction of sp³-hybridized carbons (Fsp3) is 0.500. The summed E-state index contributed by atoms with van der Waals surface area (Å²) in [5.41, 5.74) is 0.0142. The van der Waals surface area contributed by atoms with Crippen LogP contribution >= 0.6 is 0 Å². The van der Waals surface area contributed by atoms with Crippen molar-refractivity contribution in [1.29, 1.82) is 0 Å². The van der Waals surface area contributed by atoms with Gasteiger partial charge in [-0.1, -0.05) is 0 Å². The van der Waals surface area contributed by atoms with Gasteiger partial charge >= 0.3 is 6.18 Å². The van der Waals surface area contributed by atoms with Gasteiger partial charge in [0, 0.05) is 19.8 Å². The van der Waals surface area contributed by atoms with E-state index >= 15 is 0 Å². The molecule has 6 heteroatoms. The van der Waals surface area contributed by atoms with Crippen LogP contribution in [0.5, 0.6) is 0 Å². The lowest BCUT2D eigenvalue weighted by Crippen LogP contribution is -2.22. The van der Waals surface area contributed by atoms with Crippen LogP contribution in [0.1, 0.15) is 5.56 Å². The quantitative estimate of drug-likeness (QED) is 0.582. The molecule has 0 aliphatic heterocycles. The summed E-state index contributed by atoms with van der Waals surface area (Å²) in [5, 5.41) is 0. The Morgan fingerprint density at radius 3 is 2.22 bits per heavy atom. The van der Waals surface area contributed by atoms with E-state index in [1.807, 2.05) is 0 Å². The van der Waals surface area contributed by atoms with E-state index < -0.39 is 11.7 Å². The lowest BCUT2D eigenvalue weighted by molar-refractivity contribution is -0.137. The molecule has 0 aromatic heterocycles. The molecule has 0 spiro atoms. The molecule has 0 aliphatic carbocycles. The van der Waals surface area contributed by atoms with Crippen LogP contribution in [0.15, 0.2) is 24.3 Å². The molecule has 0 bridgehead atoms. The van der Waals surface area contributed by atoms with E-state index in [-0.39, 0.29) is 0 Å². The van der Waals surface area contributed by atoms with Gasteiger partial charge in [0.15, 0.2) is 0 Å². The number of halogens is 3. The van der Waals surface area contributed by atoms with Crippen LogP contribution in [-0.4, -0.2) is 34.1 Å². The van der Waals surface area contributed by atoms with E-state index in [1.54, 1.807) is 19.1 Å². The molecule has 0 amide bonds. The zero-order chi connectivity index (χ0) is 13.6. The van der Waals surface area contributed by atoms with Gasteiger partial charge in [-0.3, -0.25) is 0 Å². The molecule has 0 aliphatic rings. The standard InChI is InChI=1S/C12H16F3NO2/c1-16(9-18-8-7-17-2)11-5-3-10(4-6-11)12(13,14)15/h3-6H,7-9H2,1-2H3. The van der Waals surface area contributed by atoms with Gasteiger partial charge in [-0.2, -0.15) is 13.2 Å². The number of alkyl halides is 3. The third kappa shape index (κ3) is 4.54. The van der Waals surface area contributed by atoms with Gasteiger partial charge in [-0.05, 0) is 24.3 Å². The molecule has 102 valence electrons. The topological polar surface area (TPSA) is 21.7 Å². The number of hydrogen-bond donors (Lipinski definition) is 0. The zero-order valence-corrected chi connectivity index (χ0v) is 10.3. The first kappa shape index (κ1) is 14.8. The van der Waals surface area contributed by atoms with E-state index in [0.29, 0.717) is 25.6 Å². The second-order valence-electron chi connectivity index (χ2n) is 3.77. The Kier molecular flexibility index (Phi) is 5.43. The summed E-state index contributed by atoms with van der Waals surface area (Å²) in [6.45, 7) is 1.23. The summed E-state index contributed by atoms with van der Waals surface area (Å²) >= 11 is 0. The fourth-order valence-electron chi connectivity index (χ4n) is 1.32. The molecule has 0 N–H and O–H groups in total. The third-order valence-electron chi connectivity index (χ3n) is 2.35. The normalized spacial score (nSPS) is 11.6. The number of rotatable bonds is 6. The molecule has 1 rings (SSSR count). The van der Waals surface area contributed by atoms with E-state index in [1.165, 1.54) is 12.1 Å². The Hall–Kier alpha value is -1.27. The Morgan fingerprint density at radius 2 is 1.72 bits per heavy atom. The molecule has 1 aromatic rings. The minimum absolute atomic E-state index is 0.300. The number of anilines is 1. The van der Waals surface area contributed by atoms with Crippen molar-refractivity contribution in [2.24, 2.45) is 0 Å². The molecule has 3 nitrogen and oxygen atoms in total. The van der Waals surface area contributed by atoms with Crippen LogP contribution in [0, 0.1) is 0 Å². The van der Waals surface area contributed by atoms with Crippen LogP contribution in [0.25, 0.3) is 0 Å². The average Bonchev–Trinajstić information content (AvgIpc) is 2.33. The van der Waals surface area contributed by atoms with Gasteiger partial charge in [0.25, 0.3) is 0 Å². The summed E-state index contributed by atoms with van der Waals surface area (Å²) in [6.07, 6.45) is -4.30. The molecule has 0 saturated carbocycles. The number of nitrogens with zero attached hydrogens (tertiary/aromatic N) is 1. The largest absolute Gasteiger partial charge is 0.416 e. The van der Waals surface area contributed by atoms with Crippen LogP contribution in [0.3, 0.4) is 0 Å². The van der Waals surface area contributed by atoms with Gasteiger partial charge in [0.1, 0.15) is 6.73 Å². The minimum Gasteiger partial charge on any atom is -0.382 e. The maximum absolute atomic E-state index is 12.4. The molecule has 18 heavy (non-hydrogen) atoms. The van der Waals surface area contributed by atoms with E-state index in [0.717, 1.165) is 12.1 Å². The molecule has 0 saturated heterocycles. The van der Waals surface area contributed by atoms with Crippen LogP contribution < -0.4 is 4.90 Å². The smallest absolute Gasteiger partial charge is 0.382 e. The van der Waals surface area contributed by atoms with Crippen molar-refractivity contribution >= 4 is 5.69 Å². The Bertz CT molecular complexity index is 351. The highest BCUT2D eigenvalue weighted by atomic mass is 19.4. The van der Waals surface area contributed by atoms with Crippen molar-refractivity contribution in [3.05, 3.63) is 29.8 Å². The van der Waals surface area contributed by atoms with E-state index in [4.69, 9.17) is 9.47 Å². The summed E-state index contributed by atoms with van der Waals surface area (Å²) in [6, 6.07) is 4.95. The molecule has 0 fully saturated rings. The van der Waals surface area contributed by atoms with Crippen molar-refractivity contribution in [3.63, 3.8) is 0 Å². The predicted molar refractivity (Wildman–Crippen MR) is 62.5 cm³/mol. The van der Waals surface area contributed by atoms with Crippen LogP contribution in [-0.2, 0) is 15.7 Å². The van der Waals surface area contributed by atoms with Crippen molar-refractivity contribution < 1.29 is 22.6 Å². The zero-order valence-electron chi connectivity index (χ0n) is 10.3. The summed E-state index contributed by atoms with van der Waals surface area (Å²) in [4.78, 5) is 1.72. The molecular weight excluding hydrogens is 247 g/mol. The third-order valence-corrected chi connectivity index (χ3v) is 2.35. The van der Waals surface area contributed by atoms with Crippen LogP contribution in [0.4, 0.5) is 18.9 Å². The predicted octanol–water partition coefficient (Wildman–Crippen LogP) is 2.76. The van der Waals surface area contributed by atoms with Crippen molar-refractivity contribution in [2.75, 3.05) is 39.0 Å². The maximum Gasteiger partial charge on any atom is 0.416 e. The molecule has 1 aromatic carbocycles. The maximum atomic E-state index is 12.4. The number of benzene rings is 1. The fourth-order valence-corrected chi connectivity index (χ4v) is 1.32. The van der Waals surface area contributed by atoms with Gasteiger partial charge in [0.2, 0.25) is 0 Å². The first-order chi connectivity index (χ1) is 8.45. The van der Waals surface area contributed by atoms with Gasteiger partial charge in [0.05, 0.1) is 18.8 Å². The SMILES string of the molecule is COCCOCN(C)c1ccc(C(F)(F)F)cc1. The molecule has 0 unspecified atom stereocenters. The highest BCUT2D eigenvalue weighted by molar-refractivity contribution is 5.46. The first-order valence-electron chi connectivity index (χ1n) is 5.40. The monoisotopic (exact) mass is 263 g/mol. The van der Waals surface area contributed by atoms with Gasteiger partial charge in [-0.15, -0.1) is 0 Å². The molecule has 0 atom stereocenters. The number of ether oxygens (including phenoxy) is 2. The Balaban J connectivity index is 2.51. The summed E-state index contributed by atoms with van der Waals surface area (Å²) in [5.74, 6) is 0. The summed E-state index contributed by atoms with van der Waals surface area (Å²) in [7, 11) is 3.32. The summed E-state index contributed by atoms with van der Waals surface area (Å²) < 4.78 is 47.1. The van der Waals surface area contributed by atoms with Gasteiger partial charge in [-0.25, -0.2) is 0 Å². The van der Waals surface area contributed by atoms with Crippen LogP contribution in [0.2, 0.25) is 0 Å². The average molecular weight is 263 g/mol. The van der Waals surface area contributed by atoms with E-state index in [2.05, 4.69) is 0 Å². The minimum atomic E-state index is -4.30. The highest BCUT2D eigenvalue weighted by Gasteiger charge is 2.30. The molecule has 0 heterocycles. The number of hydrogen-bond acceptors (Lipinski definition) is 3. The van der Waals surface area contributed by atoms with Gasteiger partial charge < -0.3 is 14.4 Å². The lowest BCUT2D eigenvalue weighted by atomic mass is 10.2.